The second-order valence-electron chi connectivity index (χ2n) is 3.60. The van der Waals surface area contributed by atoms with Crippen molar-refractivity contribution in [3.63, 3.8) is 0 Å². The van der Waals surface area contributed by atoms with E-state index in [9.17, 15) is 4.79 Å². The predicted molar refractivity (Wildman–Crippen MR) is 69.1 cm³/mol. The van der Waals surface area contributed by atoms with Gasteiger partial charge in [0.1, 0.15) is 0 Å². The van der Waals surface area contributed by atoms with E-state index in [4.69, 9.17) is 22.7 Å². The summed E-state index contributed by atoms with van der Waals surface area (Å²) < 4.78 is 7.39. The van der Waals surface area contributed by atoms with Gasteiger partial charge in [0.05, 0.1) is 12.6 Å². The number of H-pyrrole nitrogens is 1. The summed E-state index contributed by atoms with van der Waals surface area (Å²) in [5.74, 6) is 0.508. The van der Waals surface area contributed by atoms with Gasteiger partial charge in [-0.05, 0) is 18.3 Å². The van der Waals surface area contributed by atoms with Crippen molar-refractivity contribution in [3.8, 4) is 5.88 Å². The Labute approximate surface area is 108 Å². The van der Waals surface area contributed by atoms with Crippen molar-refractivity contribution >= 4 is 29.4 Å². The van der Waals surface area contributed by atoms with Crippen LogP contribution in [0.5, 0.6) is 5.88 Å². The van der Waals surface area contributed by atoms with Crippen molar-refractivity contribution in [2.45, 2.75) is 6.54 Å². The molecule has 18 heavy (non-hydrogen) atoms. The number of carbonyl (C=O) groups is 1. The molecule has 0 radical (unpaired) electrons. The van der Waals surface area contributed by atoms with Gasteiger partial charge in [-0.15, -0.1) is 0 Å². The van der Waals surface area contributed by atoms with Crippen LogP contribution in [0.4, 0.5) is 4.79 Å². The lowest BCUT2D eigenvalue weighted by molar-refractivity contribution is 0.248. The third-order valence-corrected chi connectivity index (χ3v) is 2.76. The van der Waals surface area contributed by atoms with Crippen molar-refractivity contribution in [1.82, 2.24) is 19.9 Å². The van der Waals surface area contributed by atoms with E-state index in [2.05, 4.69) is 15.3 Å². The van der Waals surface area contributed by atoms with E-state index in [1.165, 1.54) is 0 Å². The number of fused-ring (bicyclic) bond motifs is 1. The average Bonchev–Trinajstić information content (AvgIpc) is 2.64. The summed E-state index contributed by atoms with van der Waals surface area (Å²) in [5.41, 5.74) is 6.50. The number of primary amides is 1. The lowest BCUT2D eigenvalue weighted by atomic mass is 10.4. The maximum atomic E-state index is 10.6. The molecule has 2 amide bonds. The number of rotatable bonds is 4. The van der Waals surface area contributed by atoms with E-state index >= 15 is 0 Å². The van der Waals surface area contributed by atoms with Gasteiger partial charge in [0.2, 0.25) is 5.88 Å². The molecular formula is C10H13N5O2S. The predicted octanol–water partition coefficient (Wildman–Crippen LogP) is 0.771. The molecule has 0 spiro atoms. The standard InChI is InChI=1S/C10H13N5O2S/c1-17-7-3-2-6-8(14-7)15(10(18)13-6)5-4-12-9(11)16/h2-3H,4-5H2,1H3,(H,13,18)(H3,11,12,16). The van der Waals surface area contributed by atoms with Crippen LogP contribution >= 0.6 is 12.2 Å². The summed E-state index contributed by atoms with van der Waals surface area (Å²) in [7, 11) is 1.55. The van der Waals surface area contributed by atoms with Gasteiger partial charge in [-0.1, -0.05) is 0 Å². The first-order chi connectivity index (χ1) is 8.61. The molecule has 0 fully saturated rings. The molecule has 0 saturated heterocycles. The Morgan fingerprint density at radius 3 is 3.11 bits per heavy atom. The Bertz CT molecular complexity index is 633. The Hall–Kier alpha value is -2.09. The van der Waals surface area contributed by atoms with Crippen LogP contribution in [0.15, 0.2) is 12.1 Å². The number of amides is 2. The molecule has 7 nitrogen and oxygen atoms in total. The minimum absolute atomic E-state index is 0.384. The van der Waals surface area contributed by atoms with Crippen molar-refractivity contribution in [2.24, 2.45) is 5.73 Å². The van der Waals surface area contributed by atoms with Gasteiger partial charge in [0.15, 0.2) is 10.4 Å². The maximum Gasteiger partial charge on any atom is 0.312 e. The van der Waals surface area contributed by atoms with Crippen molar-refractivity contribution in [3.05, 3.63) is 16.9 Å². The molecule has 0 aliphatic heterocycles. The zero-order chi connectivity index (χ0) is 13.1. The minimum atomic E-state index is -0.563. The van der Waals surface area contributed by atoms with E-state index < -0.39 is 6.03 Å². The van der Waals surface area contributed by atoms with Crippen LogP contribution in [0, 0.1) is 4.77 Å². The highest BCUT2D eigenvalue weighted by Crippen LogP contribution is 2.15. The number of aromatic nitrogens is 3. The second-order valence-corrected chi connectivity index (χ2v) is 3.98. The van der Waals surface area contributed by atoms with Gasteiger partial charge in [0, 0.05) is 19.2 Å². The van der Waals surface area contributed by atoms with E-state index in [0.717, 1.165) is 5.52 Å². The Morgan fingerprint density at radius 2 is 2.44 bits per heavy atom. The Balaban J connectivity index is 2.33. The van der Waals surface area contributed by atoms with Crippen molar-refractivity contribution < 1.29 is 9.53 Å². The quantitative estimate of drug-likeness (QED) is 0.713. The number of hydrogen-bond acceptors (Lipinski definition) is 4. The van der Waals surface area contributed by atoms with E-state index in [-0.39, 0.29) is 0 Å². The number of imidazole rings is 1. The molecule has 2 aromatic heterocycles. The third kappa shape index (κ3) is 2.43. The van der Waals surface area contributed by atoms with Crippen LogP contribution in [0.25, 0.3) is 11.2 Å². The zero-order valence-corrected chi connectivity index (χ0v) is 10.6. The highest BCUT2D eigenvalue weighted by atomic mass is 32.1. The molecule has 0 aromatic carbocycles. The van der Waals surface area contributed by atoms with Crippen LogP contribution < -0.4 is 15.8 Å². The van der Waals surface area contributed by atoms with E-state index in [1.54, 1.807) is 17.7 Å². The fraction of sp³-hybridized carbons (Fsp3) is 0.300. The fourth-order valence-corrected chi connectivity index (χ4v) is 1.91. The number of urea groups is 1. The lowest BCUT2D eigenvalue weighted by Gasteiger charge is -2.05. The van der Waals surface area contributed by atoms with Gasteiger partial charge in [-0.3, -0.25) is 4.57 Å². The van der Waals surface area contributed by atoms with Crippen LogP contribution in [0.2, 0.25) is 0 Å². The van der Waals surface area contributed by atoms with Gasteiger partial charge >= 0.3 is 6.03 Å². The molecule has 0 unspecified atom stereocenters. The number of hydrogen-bond donors (Lipinski definition) is 3. The topological polar surface area (TPSA) is 98.0 Å². The summed E-state index contributed by atoms with van der Waals surface area (Å²) in [4.78, 5) is 18.0. The van der Waals surface area contributed by atoms with Gasteiger partial charge < -0.3 is 20.8 Å². The number of nitrogens with two attached hydrogens (primary N) is 1. The van der Waals surface area contributed by atoms with Gasteiger partial charge in [0.25, 0.3) is 0 Å². The van der Waals surface area contributed by atoms with Crippen molar-refractivity contribution in [1.29, 1.82) is 0 Å². The smallest absolute Gasteiger partial charge is 0.312 e. The normalized spacial score (nSPS) is 10.5. The number of methoxy groups -OCH3 is 1. The number of nitrogens with one attached hydrogen (secondary N) is 2. The molecule has 0 bridgehead atoms. The summed E-state index contributed by atoms with van der Waals surface area (Å²) >= 11 is 5.19. The molecule has 0 saturated carbocycles. The molecule has 2 rings (SSSR count). The molecule has 2 heterocycles. The molecule has 2 aromatic rings. The van der Waals surface area contributed by atoms with Gasteiger partial charge in [-0.2, -0.15) is 4.98 Å². The van der Waals surface area contributed by atoms with E-state index in [1.807, 2.05) is 6.07 Å². The van der Waals surface area contributed by atoms with Gasteiger partial charge in [-0.25, -0.2) is 4.79 Å². The fourth-order valence-electron chi connectivity index (χ4n) is 1.63. The van der Waals surface area contributed by atoms with Crippen LogP contribution in [-0.4, -0.2) is 34.2 Å². The first-order valence-electron chi connectivity index (χ1n) is 5.28. The second kappa shape index (κ2) is 5.05. The molecule has 0 atom stereocenters. The summed E-state index contributed by atoms with van der Waals surface area (Å²) in [6.07, 6.45) is 0. The van der Waals surface area contributed by atoms with Crippen LogP contribution in [-0.2, 0) is 6.54 Å². The minimum Gasteiger partial charge on any atom is -0.481 e. The zero-order valence-electron chi connectivity index (χ0n) is 9.77. The first-order valence-corrected chi connectivity index (χ1v) is 5.69. The van der Waals surface area contributed by atoms with Crippen LogP contribution in [0.1, 0.15) is 0 Å². The van der Waals surface area contributed by atoms with Crippen molar-refractivity contribution in [2.75, 3.05) is 13.7 Å². The molecule has 8 heteroatoms. The number of aromatic amines is 1. The lowest BCUT2D eigenvalue weighted by Crippen LogP contribution is -2.32. The molecule has 96 valence electrons. The van der Waals surface area contributed by atoms with E-state index in [0.29, 0.717) is 29.4 Å². The maximum absolute atomic E-state index is 10.6. The molecule has 0 aliphatic rings. The number of nitrogens with zero attached hydrogens (tertiary/aromatic N) is 2. The number of carbonyl (C=O) groups excluding carboxylic acids is 1. The summed E-state index contributed by atoms with van der Waals surface area (Å²) in [5, 5.41) is 2.50. The number of pyridine rings is 1. The average molecular weight is 267 g/mol. The first kappa shape index (κ1) is 12.4. The summed E-state index contributed by atoms with van der Waals surface area (Å²) in [6.45, 7) is 0.872. The number of ether oxygens (including phenoxy) is 1. The Morgan fingerprint density at radius 1 is 1.67 bits per heavy atom. The highest BCUT2D eigenvalue weighted by Gasteiger charge is 2.07. The molecule has 4 N–H and O–H groups in total. The SMILES string of the molecule is COc1ccc2[nH]c(=S)n(CCNC(N)=O)c2n1. The molecular weight excluding hydrogens is 254 g/mol. The Kier molecular flexibility index (Phi) is 3.47. The highest BCUT2D eigenvalue weighted by molar-refractivity contribution is 7.71. The molecule has 0 aliphatic carbocycles. The largest absolute Gasteiger partial charge is 0.481 e. The summed E-state index contributed by atoms with van der Waals surface area (Å²) in [6, 6.07) is 3.03. The third-order valence-electron chi connectivity index (χ3n) is 2.44. The monoisotopic (exact) mass is 267 g/mol. The van der Waals surface area contributed by atoms with Crippen LogP contribution in [0.3, 0.4) is 0 Å².